The summed E-state index contributed by atoms with van der Waals surface area (Å²) in [7, 11) is 0. The van der Waals surface area contributed by atoms with E-state index in [1.165, 1.54) is 23.7 Å². The largest absolute Gasteiger partial charge is 0.376 e. The summed E-state index contributed by atoms with van der Waals surface area (Å²) in [6.45, 7) is 5.36. The molecule has 6 nitrogen and oxygen atoms in total. The van der Waals surface area contributed by atoms with Gasteiger partial charge in [-0.2, -0.15) is 0 Å². The summed E-state index contributed by atoms with van der Waals surface area (Å²) >= 11 is 1.34. The molecule has 1 atom stereocenters. The quantitative estimate of drug-likeness (QED) is 0.638. The Morgan fingerprint density at radius 3 is 2.97 bits per heavy atom. The lowest BCUT2D eigenvalue weighted by Crippen LogP contribution is -2.22. The summed E-state index contributed by atoms with van der Waals surface area (Å²) < 4.78 is 19.4. The third-order valence-corrected chi connectivity index (χ3v) is 6.34. The molecule has 1 aromatic carbocycles. The first-order valence-corrected chi connectivity index (χ1v) is 10.5. The van der Waals surface area contributed by atoms with Gasteiger partial charge in [-0.1, -0.05) is 12.1 Å². The maximum Gasteiger partial charge on any atom is 0.261 e. The molecule has 4 rings (SSSR count). The van der Waals surface area contributed by atoms with Crippen molar-refractivity contribution >= 4 is 33.3 Å². The molecule has 0 saturated carbocycles. The average Bonchev–Trinajstić information content (AvgIpc) is 3.35. The van der Waals surface area contributed by atoms with Crippen LogP contribution in [0.1, 0.15) is 39.2 Å². The minimum atomic E-state index is -0.271. The highest BCUT2D eigenvalue weighted by molar-refractivity contribution is 7.20. The second-order valence-electron chi connectivity index (χ2n) is 7.24. The fourth-order valence-corrected chi connectivity index (χ4v) is 4.51. The van der Waals surface area contributed by atoms with E-state index in [1.54, 1.807) is 13.0 Å². The van der Waals surface area contributed by atoms with Gasteiger partial charge in [0.2, 0.25) is 0 Å². The van der Waals surface area contributed by atoms with Gasteiger partial charge in [0.15, 0.2) is 0 Å². The molecular weight excluding hydrogens is 391 g/mol. The Balaban J connectivity index is 1.50. The van der Waals surface area contributed by atoms with Gasteiger partial charge in [0.25, 0.3) is 5.91 Å². The Morgan fingerprint density at radius 2 is 2.21 bits per heavy atom. The summed E-state index contributed by atoms with van der Waals surface area (Å²) in [6.07, 6.45) is 3.82. The lowest BCUT2D eigenvalue weighted by atomic mass is 10.1. The number of amides is 1. The van der Waals surface area contributed by atoms with Crippen LogP contribution in [0.5, 0.6) is 0 Å². The third-order valence-electron chi connectivity index (χ3n) is 5.14. The fourth-order valence-electron chi connectivity index (χ4n) is 3.45. The molecule has 3 aromatic rings. The minimum absolute atomic E-state index is 0.191. The van der Waals surface area contributed by atoms with E-state index < -0.39 is 0 Å². The van der Waals surface area contributed by atoms with Gasteiger partial charge in [-0.25, -0.2) is 14.4 Å². The average molecular weight is 415 g/mol. The van der Waals surface area contributed by atoms with E-state index in [4.69, 9.17) is 4.74 Å². The molecule has 1 saturated heterocycles. The number of nitrogens with zero attached hydrogens (tertiary/aromatic N) is 2. The van der Waals surface area contributed by atoms with Crippen molar-refractivity contribution in [1.29, 1.82) is 0 Å². The van der Waals surface area contributed by atoms with Crippen LogP contribution in [0.15, 0.2) is 24.5 Å². The summed E-state index contributed by atoms with van der Waals surface area (Å²) in [5.74, 6) is 0.252. The van der Waals surface area contributed by atoms with Crippen LogP contribution in [0, 0.1) is 19.7 Å². The Morgan fingerprint density at radius 1 is 1.34 bits per heavy atom. The number of hydrogen-bond acceptors (Lipinski definition) is 6. The van der Waals surface area contributed by atoms with Gasteiger partial charge in [0.05, 0.1) is 16.4 Å². The van der Waals surface area contributed by atoms with Crippen molar-refractivity contribution in [2.24, 2.45) is 0 Å². The normalized spacial score (nSPS) is 16.3. The van der Waals surface area contributed by atoms with Crippen molar-refractivity contribution < 1.29 is 13.9 Å². The van der Waals surface area contributed by atoms with Crippen molar-refractivity contribution in [2.75, 3.05) is 18.5 Å². The van der Waals surface area contributed by atoms with Gasteiger partial charge >= 0.3 is 0 Å². The fraction of sp³-hybridized carbons (Fsp3) is 0.381. The van der Waals surface area contributed by atoms with E-state index in [1.807, 2.05) is 13.0 Å². The van der Waals surface area contributed by atoms with Crippen LogP contribution >= 0.6 is 11.3 Å². The number of carbonyl (C=O) groups excluding carboxylic acids is 1. The Labute approximate surface area is 172 Å². The van der Waals surface area contributed by atoms with Crippen molar-refractivity contribution in [2.45, 2.75) is 39.3 Å². The number of thiophene rings is 1. The molecule has 3 heterocycles. The SMILES string of the molecule is Cc1ccc(CNC(=O)c2sc3ncnc(NC[C@@H]4CCCO4)c3c2C)cc1F. The number of rotatable bonds is 6. The first-order chi connectivity index (χ1) is 14.0. The highest BCUT2D eigenvalue weighted by atomic mass is 32.1. The van der Waals surface area contributed by atoms with Gasteiger partial charge in [-0.15, -0.1) is 11.3 Å². The van der Waals surface area contributed by atoms with E-state index in [0.717, 1.165) is 46.6 Å². The van der Waals surface area contributed by atoms with Crippen LogP contribution in [-0.4, -0.2) is 35.1 Å². The molecule has 0 spiro atoms. The lowest BCUT2D eigenvalue weighted by molar-refractivity contribution is 0.0954. The van der Waals surface area contributed by atoms with E-state index in [-0.39, 0.29) is 24.4 Å². The zero-order chi connectivity index (χ0) is 20.4. The standard InChI is InChI=1S/C21H23FN4O2S/c1-12-5-6-14(8-16(12)22)9-24-20(27)18-13(2)17-19(25-11-26-21(17)29-18)23-10-15-4-3-7-28-15/h5-6,8,11,15H,3-4,7,9-10H2,1-2H3,(H,24,27)(H,23,25,26)/t15-/m0/s1. The third kappa shape index (κ3) is 4.23. The molecule has 1 amide bonds. The summed E-state index contributed by atoms with van der Waals surface area (Å²) in [5.41, 5.74) is 2.15. The number of fused-ring (bicyclic) bond motifs is 1. The van der Waals surface area contributed by atoms with Gasteiger partial charge in [-0.3, -0.25) is 4.79 Å². The first-order valence-electron chi connectivity index (χ1n) is 9.65. The number of hydrogen-bond donors (Lipinski definition) is 2. The number of aromatic nitrogens is 2. The molecule has 1 fully saturated rings. The van der Waals surface area contributed by atoms with Crippen LogP contribution in [0.3, 0.4) is 0 Å². The van der Waals surface area contributed by atoms with Crippen molar-refractivity contribution in [3.63, 3.8) is 0 Å². The highest BCUT2D eigenvalue weighted by Gasteiger charge is 2.21. The molecule has 0 radical (unpaired) electrons. The van der Waals surface area contributed by atoms with E-state index >= 15 is 0 Å². The first kappa shape index (κ1) is 19.7. The second kappa shape index (κ2) is 8.42. The maximum atomic E-state index is 13.7. The Kier molecular flexibility index (Phi) is 5.73. The van der Waals surface area contributed by atoms with Gasteiger partial charge < -0.3 is 15.4 Å². The number of carbonyl (C=O) groups is 1. The molecule has 8 heteroatoms. The zero-order valence-electron chi connectivity index (χ0n) is 16.4. The molecule has 0 aliphatic carbocycles. The van der Waals surface area contributed by atoms with E-state index in [9.17, 15) is 9.18 Å². The van der Waals surface area contributed by atoms with Crippen LogP contribution in [0.4, 0.5) is 10.2 Å². The van der Waals surface area contributed by atoms with Gasteiger partial charge in [0.1, 0.15) is 22.8 Å². The molecule has 1 aliphatic rings. The topological polar surface area (TPSA) is 76.1 Å². The number of nitrogens with one attached hydrogen (secondary N) is 2. The van der Waals surface area contributed by atoms with Crippen LogP contribution < -0.4 is 10.6 Å². The predicted octanol–water partition coefficient (Wildman–Crippen LogP) is 3.97. The summed E-state index contributed by atoms with van der Waals surface area (Å²) in [4.78, 5) is 22.8. The van der Waals surface area contributed by atoms with Crippen molar-refractivity contribution in [1.82, 2.24) is 15.3 Å². The Bertz CT molecular complexity index is 1050. The van der Waals surface area contributed by atoms with E-state index in [2.05, 4.69) is 20.6 Å². The van der Waals surface area contributed by atoms with Crippen LogP contribution in [0.2, 0.25) is 0 Å². The van der Waals surface area contributed by atoms with Crippen molar-refractivity contribution in [3.05, 3.63) is 51.9 Å². The van der Waals surface area contributed by atoms with E-state index in [0.29, 0.717) is 17.0 Å². The number of ether oxygens (including phenoxy) is 1. The Hall–Kier alpha value is -2.58. The highest BCUT2D eigenvalue weighted by Crippen LogP contribution is 2.33. The molecule has 152 valence electrons. The number of anilines is 1. The van der Waals surface area contributed by atoms with Crippen molar-refractivity contribution in [3.8, 4) is 0 Å². The monoisotopic (exact) mass is 414 g/mol. The lowest BCUT2D eigenvalue weighted by Gasteiger charge is -2.12. The van der Waals surface area contributed by atoms with Crippen LogP contribution in [0.25, 0.3) is 10.2 Å². The maximum absolute atomic E-state index is 13.7. The predicted molar refractivity (Wildman–Crippen MR) is 112 cm³/mol. The van der Waals surface area contributed by atoms with Gasteiger partial charge in [0, 0.05) is 19.7 Å². The molecule has 29 heavy (non-hydrogen) atoms. The minimum Gasteiger partial charge on any atom is -0.376 e. The molecule has 1 aliphatic heterocycles. The second-order valence-corrected chi connectivity index (χ2v) is 8.24. The number of aryl methyl sites for hydroxylation is 2. The zero-order valence-corrected chi connectivity index (χ0v) is 17.2. The summed E-state index contributed by atoms with van der Waals surface area (Å²) in [5, 5.41) is 7.09. The number of benzene rings is 1. The molecule has 2 aromatic heterocycles. The molecule has 0 bridgehead atoms. The summed E-state index contributed by atoms with van der Waals surface area (Å²) in [6, 6.07) is 4.98. The number of halogens is 1. The van der Waals surface area contributed by atoms with Gasteiger partial charge in [-0.05, 0) is 49.4 Å². The molecule has 2 N–H and O–H groups in total. The molecule has 0 unspecified atom stereocenters. The van der Waals surface area contributed by atoms with Crippen LogP contribution in [-0.2, 0) is 11.3 Å². The molecular formula is C21H23FN4O2S. The smallest absolute Gasteiger partial charge is 0.261 e.